The molecule has 1 heterocycles. The predicted molar refractivity (Wildman–Crippen MR) is 106 cm³/mol. The summed E-state index contributed by atoms with van der Waals surface area (Å²) in [6, 6.07) is 21.0. The second kappa shape index (κ2) is 8.96. The number of anilines is 1. The second-order valence-electron chi connectivity index (χ2n) is 6.41. The van der Waals surface area contributed by atoms with Crippen LogP contribution in [0.4, 0.5) is 5.69 Å². The van der Waals surface area contributed by atoms with Crippen molar-refractivity contribution >= 4 is 11.6 Å². The Morgan fingerprint density at radius 2 is 1.89 bits per heavy atom. The van der Waals surface area contributed by atoms with E-state index >= 15 is 0 Å². The number of aliphatic hydroxyl groups is 1. The lowest BCUT2D eigenvalue weighted by Crippen LogP contribution is -2.24. The Kier molecular flexibility index (Phi) is 6.18. The lowest BCUT2D eigenvalue weighted by molar-refractivity contribution is 0.0946. The molecule has 2 aromatic carbocycles. The number of pyridine rings is 1. The second-order valence-corrected chi connectivity index (χ2v) is 6.41. The smallest absolute Gasteiger partial charge is 0.270 e. The summed E-state index contributed by atoms with van der Waals surface area (Å²) in [5.74, 6) is -0.235. The van der Waals surface area contributed by atoms with E-state index in [1.807, 2.05) is 61.5 Å². The zero-order valence-corrected chi connectivity index (χ0v) is 15.2. The Labute approximate surface area is 159 Å². The van der Waals surface area contributed by atoms with Gasteiger partial charge in [0, 0.05) is 25.0 Å². The number of hydrogen-bond donors (Lipinski definition) is 3. The largest absolute Gasteiger partial charge is 0.387 e. The van der Waals surface area contributed by atoms with E-state index in [4.69, 9.17) is 0 Å². The highest BCUT2D eigenvalue weighted by Gasteiger charge is 2.10. The highest BCUT2D eigenvalue weighted by atomic mass is 16.3. The molecule has 1 aromatic heterocycles. The van der Waals surface area contributed by atoms with Crippen LogP contribution < -0.4 is 10.6 Å². The number of amides is 1. The van der Waals surface area contributed by atoms with Gasteiger partial charge < -0.3 is 15.7 Å². The minimum absolute atomic E-state index is 0.235. The molecule has 1 unspecified atom stereocenters. The van der Waals surface area contributed by atoms with E-state index in [1.54, 1.807) is 18.3 Å². The summed E-state index contributed by atoms with van der Waals surface area (Å²) < 4.78 is 0. The Bertz CT molecular complexity index is 897. The van der Waals surface area contributed by atoms with Crippen molar-refractivity contribution < 1.29 is 9.90 Å². The summed E-state index contributed by atoms with van der Waals surface area (Å²) in [5, 5.41) is 16.4. The van der Waals surface area contributed by atoms with Crippen molar-refractivity contribution in [1.82, 2.24) is 10.3 Å². The van der Waals surface area contributed by atoms with Gasteiger partial charge >= 0.3 is 0 Å². The molecule has 1 atom stereocenters. The average Bonchev–Trinajstić information content (AvgIpc) is 2.71. The van der Waals surface area contributed by atoms with Gasteiger partial charge in [0.15, 0.2) is 0 Å². The number of hydrogen-bond acceptors (Lipinski definition) is 4. The lowest BCUT2D eigenvalue weighted by atomic mass is 10.1. The first-order chi connectivity index (χ1) is 13.1. The SMILES string of the molecule is Cc1cccc(C(O)CNc2ccnc(C(=O)NCc3ccccc3)c2)c1. The Hall–Kier alpha value is -3.18. The fourth-order valence-electron chi connectivity index (χ4n) is 2.74. The molecule has 5 heteroatoms. The quantitative estimate of drug-likeness (QED) is 0.602. The van der Waals surface area contributed by atoms with Gasteiger partial charge in [0.05, 0.1) is 6.10 Å². The molecule has 0 aliphatic carbocycles. The molecule has 3 N–H and O–H groups in total. The van der Waals surface area contributed by atoms with Crippen LogP contribution in [0.1, 0.15) is 33.3 Å². The van der Waals surface area contributed by atoms with Crippen molar-refractivity contribution in [2.24, 2.45) is 0 Å². The summed E-state index contributed by atoms with van der Waals surface area (Å²) in [4.78, 5) is 16.5. The van der Waals surface area contributed by atoms with Crippen LogP contribution in [0.15, 0.2) is 72.9 Å². The Morgan fingerprint density at radius 1 is 1.07 bits per heavy atom. The van der Waals surface area contributed by atoms with Crippen LogP contribution in [0.2, 0.25) is 0 Å². The number of nitrogens with zero attached hydrogens (tertiary/aromatic N) is 1. The van der Waals surface area contributed by atoms with Gasteiger partial charge in [-0.05, 0) is 30.2 Å². The summed E-state index contributed by atoms with van der Waals surface area (Å²) in [6.07, 6.45) is 0.951. The van der Waals surface area contributed by atoms with Crippen LogP contribution in [-0.2, 0) is 6.54 Å². The van der Waals surface area contributed by atoms with Crippen LogP contribution in [0.25, 0.3) is 0 Å². The highest BCUT2D eigenvalue weighted by molar-refractivity contribution is 5.93. The number of aryl methyl sites for hydroxylation is 1. The van der Waals surface area contributed by atoms with Crippen molar-refractivity contribution in [3.05, 3.63) is 95.3 Å². The maximum Gasteiger partial charge on any atom is 0.270 e. The fraction of sp³-hybridized carbons (Fsp3) is 0.182. The molecule has 27 heavy (non-hydrogen) atoms. The molecular formula is C22H23N3O2. The van der Waals surface area contributed by atoms with Gasteiger partial charge in [-0.3, -0.25) is 9.78 Å². The summed E-state index contributed by atoms with van der Waals surface area (Å²) in [5.41, 5.74) is 4.06. The first kappa shape index (κ1) is 18.6. The molecule has 0 spiro atoms. The molecule has 138 valence electrons. The molecular weight excluding hydrogens is 338 g/mol. The molecule has 0 saturated carbocycles. The normalized spacial score (nSPS) is 11.6. The zero-order valence-electron chi connectivity index (χ0n) is 15.2. The molecule has 5 nitrogen and oxygen atoms in total. The lowest BCUT2D eigenvalue weighted by Gasteiger charge is -2.14. The Morgan fingerprint density at radius 3 is 2.67 bits per heavy atom. The van der Waals surface area contributed by atoms with Crippen LogP contribution in [0.3, 0.4) is 0 Å². The van der Waals surface area contributed by atoms with Crippen molar-refractivity contribution in [1.29, 1.82) is 0 Å². The number of aromatic nitrogens is 1. The zero-order chi connectivity index (χ0) is 19.1. The Balaban J connectivity index is 1.57. The van der Waals surface area contributed by atoms with E-state index in [0.717, 1.165) is 22.4 Å². The summed E-state index contributed by atoms with van der Waals surface area (Å²) >= 11 is 0. The maximum atomic E-state index is 12.3. The molecule has 0 saturated heterocycles. The molecule has 0 aliphatic heterocycles. The van der Waals surface area contributed by atoms with Crippen molar-refractivity contribution in [3.63, 3.8) is 0 Å². The van der Waals surface area contributed by atoms with E-state index in [2.05, 4.69) is 15.6 Å². The van der Waals surface area contributed by atoms with E-state index in [0.29, 0.717) is 18.8 Å². The minimum atomic E-state index is -0.631. The third-order valence-electron chi connectivity index (χ3n) is 4.21. The van der Waals surface area contributed by atoms with Gasteiger partial charge in [0.25, 0.3) is 5.91 Å². The van der Waals surface area contributed by atoms with Crippen LogP contribution in [-0.4, -0.2) is 22.5 Å². The molecule has 0 fully saturated rings. The molecule has 0 radical (unpaired) electrons. The maximum absolute atomic E-state index is 12.3. The minimum Gasteiger partial charge on any atom is -0.387 e. The molecule has 1 amide bonds. The first-order valence-corrected chi connectivity index (χ1v) is 8.88. The standard InChI is InChI=1S/C22H23N3O2/c1-16-6-5-9-18(12-16)21(26)15-24-19-10-11-23-20(13-19)22(27)25-14-17-7-3-2-4-8-17/h2-13,21,26H,14-15H2,1H3,(H,23,24)(H,25,27). The van der Waals surface area contributed by atoms with Gasteiger partial charge in [-0.25, -0.2) is 0 Å². The van der Waals surface area contributed by atoms with Gasteiger partial charge in [0.2, 0.25) is 0 Å². The van der Waals surface area contributed by atoms with Crippen LogP contribution in [0.5, 0.6) is 0 Å². The van der Waals surface area contributed by atoms with E-state index in [9.17, 15) is 9.90 Å². The summed E-state index contributed by atoms with van der Waals surface area (Å²) in [7, 11) is 0. The van der Waals surface area contributed by atoms with Crippen LogP contribution >= 0.6 is 0 Å². The van der Waals surface area contributed by atoms with E-state index in [-0.39, 0.29) is 5.91 Å². The fourth-order valence-corrected chi connectivity index (χ4v) is 2.74. The number of rotatable bonds is 7. The first-order valence-electron chi connectivity index (χ1n) is 8.88. The van der Waals surface area contributed by atoms with Gasteiger partial charge in [0.1, 0.15) is 5.69 Å². The molecule has 3 rings (SSSR count). The van der Waals surface area contributed by atoms with Gasteiger partial charge in [-0.2, -0.15) is 0 Å². The molecule has 0 aliphatic rings. The number of aliphatic hydroxyl groups excluding tert-OH is 1. The third kappa shape index (κ3) is 5.39. The highest BCUT2D eigenvalue weighted by Crippen LogP contribution is 2.16. The number of benzene rings is 2. The van der Waals surface area contributed by atoms with Crippen molar-refractivity contribution in [3.8, 4) is 0 Å². The molecule has 0 bridgehead atoms. The van der Waals surface area contributed by atoms with Gasteiger partial charge in [-0.15, -0.1) is 0 Å². The summed E-state index contributed by atoms with van der Waals surface area (Å²) in [6.45, 7) is 2.79. The van der Waals surface area contributed by atoms with Crippen molar-refractivity contribution in [2.75, 3.05) is 11.9 Å². The number of carbonyl (C=O) groups excluding carboxylic acids is 1. The van der Waals surface area contributed by atoms with E-state index < -0.39 is 6.10 Å². The third-order valence-corrected chi connectivity index (χ3v) is 4.21. The number of nitrogens with one attached hydrogen (secondary N) is 2. The van der Waals surface area contributed by atoms with Crippen molar-refractivity contribution in [2.45, 2.75) is 19.6 Å². The average molecular weight is 361 g/mol. The monoisotopic (exact) mass is 361 g/mol. The van der Waals surface area contributed by atoms with Gasteiger partial charge in [-0.1, -0.05) is 60.2 Å². The molecule has 3 aromatic rings. The predicted octanol–water partition coefficient (Wildman–Crippen LogP) is 3.47. The van der Waals surface area contributed by atoms with E-state index in [1.165, 1.54) is 0 Å². The topological polar surface area (TPSA) is 74.2 Å². The van der Waals surface area contributed by atoms with Crippen LogP contribution in [0, 0.1) is 6.92 Å². The number of carbonyl (C=O) groups is 1.